The van der Waals surface area contributed by atoms with Crippen LogP contribution >= 0.6 is 0 Å². The van der Waals surface area contributed by atoms with E-state index in [1.807, 2.05) is 32.3 Å². The predicted octanol–water partition coefficient (Wildman–Crippen LogP) is 2.56. The van der Waals surface area contributed by atoms with Gasteiger partial charge >= 0.3 is 5.97 Å². The number of hydrogen-bond donors (Lipinski definition) is 0. The highest BCUT2D eigenvalue weighted by molar-refractivity contribution is 5.92. The molecule has 0 heterocycles. The summed E-state index contributed by atoms with van der Waals surface area (Å²) in [7, 11) is 4.10. The number of benzene rings is 1. The molecule has 0 N–H and O–H groups in total. The van der Waals surface area contributed by atoms with Crippen molar-refractivity contribution in [3.63, 3.8) is 0 Å². The van der Waals surface area contributed by atoms with Gasteiger partial charge in [-0.2, -0.15) is 0 Å². The minimum atomic E-state index is -0.386. The fourth-order valence-electron chi connectivity index (χ4n) is 2.38. The molecule has 0 amide bonds. The summed E-state index contributed by atoms with van der Waals surface area (Å²) in [5.41, 5.74) is 1.55. The number of carbonyl (C=O) groups excluding carboxylic acids is 1. The normalized spacial score (nSPS) is 21.0. The standard InChI is InChI=1S/C15H20N2O2/c1-17(2)11-13-9-6-10-14(13)16-19-15(18)12-7-4-3-5-8-12/h3-5,7-8,13H,6,9-11H2,1-2H3/b16-14+/t13-/m0/s1. The molecule has 19 heavy (non-hydrogen) atoms. The third-order valence-electron chi connectivity index (χ3n) is 3.30. The van der Waals surface area contributed by atoms with E-state index in [-0.39, 0.29) is 5.97 Å². The lowest BCUT2D eigenvalue weighted by atomic mass is 10.1. The molecule has 1 aliphatic carbocycles. The molecule has 0 bridgehead atoms. The minimum absolute atomic E-state index is 0.386. The summed E-state index contributed by atoms with van der Waals surface area (Å²) in [6, 6.07) is 8.96. The highest BCUT2D eigenvalue weighted by atomic mass is 16.7. The summed E-state index contributed by atoms with van der Waals surface area (Å²) in [5, 5.41) is 4.07. The minimum Gasteiger partial charge on any atom is -0.313 e. The Bertz CT molecular complexity index is 454. The van der Waals surface area contributed by atoms with Gasteiger partial charge in [-0.15, -0.1) is 0 Å². The second-order valence-corrected chi connectivity index (χ2v) is 5.18. The summed E-state index contributed by atoms with van der Waals surface area (Å²) in [5.74, 6) is 0.0298. The van der Waals surface area contributed by atoms with Crippen molar-refractivity contribution in [2.75, 3.05) is 20.6 Å². The number of nitrogens with zero attached hydrogens (tertiary/aromatic N) is 2. The van der Waals surface area contributed by atoms with Crippen molar-refractivity contribution in [2.24, 2.45) is 11.1 Å². The van der Waals surface area contributed by atoms with Crippen LogP contribution in [-0.2, 0) is 4.84 Å². The number of rotatable bonds is 4. The molecular weight excluding hydrogens is 240 g/mol. The molecule has 1 aromatic carbocycles. The molecule has 0 unspecified atom stereocenters. The smallest absolute Gasteiger partial charge is 0.313 e. The molecule has 1 saturated carbocycles. The molecule has 0 spiro atoms. The van der Waals surface area contributed by atoms with Crippen LogP contribution in [0.1, 0.15) is 29.6 Å². The van der Waals surface area contributed by atoms with Crippen molar-refractivity contribution in [3.8, 4) is 0 Å². The van der Waals surface area contributed by atoms with Crippen LogP contribution in [0.15, 0.2) is 35.5 Å². The van der Waals surface area contributed by atoms with Gasteiger partial charge in [0.25, 0.3) is 0 Å². The zero-order valence-corrected chi connectivity index (χ0v) is 11.5. The van der Waals surface area contributed by atoms with Gasteiger partial charge in [-0.3, -0.25) is 0 Å². The van der Waals surface area contributed by atoms with Gasteiger partial charge in [-0.05, 0) is 45.5 Å². The van der Waals surface area contributed by atoms with Crippen LogP contribution in [0.3, 0.4) is 0 Å². The zero-order chi connectivity index (χ0) is 13.7. The second kappa shape index (κ2) is 6.48. The molecule has 1 atom stereocenters. The molecule has 4 heteroatoms. The molecule has 0 aliphatic heterocycles. The van der Waals surface area contributed by atoms with Crippen LogP contribution in [0.2, 0.25) is 0 Å². The Morgan fingerprint density at radius 3 is 2.79 bits per heavy atom. The molecule has 102 valence electrons. The third-order valence-corrected chi connectivity index (χ3v) is 3.30. The summed E-state index contributed by atoms with van der Waals surface area (Å²) in [6.45, 7) is 0.960. The first-order valence-corrected chi connectivity index (χ1v) is 6.64. The van der Waals surface area contributed by atoms with Gasteiger partial charge in [0.1, 0.15) is 0 Å². The molecule has 1 aromatic rings. The van der Waals surface area contributed by atoms with Crippen molar-refractivity contribution < 1.29 is 9.63 Å². The SMILES string of the molecule is CN(C)C[C@@H]1CCC/C1=N\OC(=O)c1ccccc1. The van der Waals surface area contributed by atoms with E-state index in [9.17, 15) is 4.79 Å². The molecule has 1 fully saturated rings. The Kier molecular flexibility index (Phi) is 4.68. The van der Waals surface area contributed by atoms with Crippen LogP contribution in [0.5, 0.6) is 0 Å². The quantitative estimate of drug-likeness (QED) is 0.617. The molecular formula is C15H20N2O2. The van der Waals surface area contributed by atoms with Crippen LogP contribution in [0, 0.1) is 5.92 Å². The first kappa shape index (κ1) is 13.7. The number of hydrogen-bond acceptors (Lipinski definition) is 4. The molecule has 0 radical (unpaired) electrons. The lowest BCUT2D eigenvalue weighted by molar-refractivity contribution is 0.0513. The molecule has 0 saturated heterocycles. The Hall–Kier alpha value is -1.68. The summed E-state index contributed by atoms with van der Waals surface area (Å²) < 4.78 is 0. The van der Waals surface area contributed by atoms with Crippen molar-refractivity contribution in [3.05, 3.63) is 35.9 Å². The Morgan fingerprint density at radius 2 is 2.11 bits per heavy atom. The monoisotopic (exact) mass is 260 g/mol. The van der Waals surface area contributed by atoms with Crippen LogP contribution < -0.4 is 0 Å². The topological polar surface area (TPSA) is 41.9 Å². The van der Waals surface area contributed by atoms with Crippen LogP contribution in [0.25, 0.3) is 0 Å². The largest absolute Gasteiger partial charge is 0.365 e. The summed E-state index contributed by atoms with van der Waals surface area (Å²) >= 11 is 0. The maximum Gasteiger partial charge on any atom is 0.365 e. The van der Waals surface area contributed by atoms with E-state index in [0.29, 0.717) is 11.5 Å². The maximum atomic E-state index is 11.8. The van der Waals surface area contributed by atoms with E-state index in [1.54, 1.807) is 12.1 Å². The lowest BCUT2D eigenvalue weighted by Crippen LogP contribution is -2.24. The van der Waals surface area contributed by atoms with Crippen molar-refractivity contribution in [2.45, 2.75) is 19.3 Å². The Labute approximate surface area is 114 Å². The van der Waals surface area contributed by atoms with E-state index in [4.69, 9.17) is 4.84 Å². The summed E-state index contributed by atoms with van der Waals surface area (Å²) in [6.07, 6.45) is 3.18. The van der Waals surface area contributed by atoms with Gasteiger partial charge in [0.2, 0.25) is 0 Å². The number of oxime groups is 1. The fourth-order valence-corrected chi connectivity index (χ4v) is 2.38. The van der Waals surface area contributed by atoms with E-state index in [2.05, 4.69) is 10.1 Å². The lowest BCUT2D eigenvalue weighted by Gasteiger charge is -2.15. The van der Waals surface area contributed by atoms with Gasteiger partial charge in [0.05, 0.1) is 11.3 Å². The zero-order valence-electron chi connectivity index (χ0n) is 11.5. The first-order chi connectivity index (χ1) is 9.16. The van der Waals surface area contributed by atoms with Gasteiger partial charge < -0.3 is 9.74 Å². The van der Waals surface area contributed by atoms with E-state index >= 15 is 0 Å². The van der Waals surface area contributed by atoms with E-state index in [1.165, 1.54) is 0 Å². The Balaban J connectivity index is 1.96. The highest BCUT2D eigenvalue weighted by Crippen LogP contribution is 2.23. The fraction of sp³-hybridized carbons (Fsp3) is 0.467. The molecule has 4 nitrogen and oxygen atoms in total. The second-order valence-electron chi connectivity index (χ2n) is 5.18. The molecule has 1 aliphatic rings. The van der Waals surface area contributed by atoms with Gasteiger partial charge in [0.15, 0.2) is 0 Å². The van der Waals surface area contributed by atoms with Crippen LogP contribution in [0.4, 0.5) is 0 Å². The van der Waals surface area contributed by atoms with Gasteiger partial charge in [0, 0.05) is 12.5 Å². The average Bonchev–Trinajstić information content (AvgIpc) is 2.83. The van der Waals surface area contributed by atoms with Crippen molar-refractivity contribution in [1.29, 1.82) is 0 Å². The molecule has 2 rings (SSSR count). The number of carbonyl (C=O) groups is 1. The van der Waals surface area contributed by atoms with E-state index in [0.717, 1.165) is 31.5 Å². The van der Waals surface area contributed by atoms with Crippen LogP contribution in [-0.4, -0.2) is 37.2 Å². The van der Waals surface area contributed by atoms with Crippen molar-refractivity contribution in [1.82, 2.24) is 4.90 Å². The van der Waals surface area contributed by atoms with Gasteiger partial charge in [-0.25, -0.2) is 4.79 Å². The Morgan fingerprint density at radius 1 is 1.37 bits per heavy atom. The maximum absolute atomic E-state index is 11.8. The predicted molar refractivity (Wildman–Crippen MR) is 75.2 cm³/mol. The van der Waals surface area contributed by atoms with E-state index < -0.39 is 0 Å². The molecule has 0 aromatic heterocycles. The van der Waals surface area contributed by atoms with Crippen molar-refractivity contribution >= 4 is 11.7 Å². The highest BCUT2D eigenvalue weighted by Gasteiger charge is 2.24. The summed E-state index contributed by atoms with van der Waals surface area (Å²) in [4.78, 5) is 19.0. The first-order valence-electron chi connectivity index (χ1n) is 6.64. The van der Waals surface area contributed by atoms with Gasteiger partial charge in [-0.1, -0.05) is 23.4 Å². The third kappa shape index (κ3) is 3.89. The average molecular weight is 260 g/mol.